The minimum Gasteiger partial charge on any atom is -0.493 e. The summed E-state index contributed by atoms with van der Waals surface area (Å²) in [4.78, 5) is 0.216. The highest BCUT2D eigenvalue weighted by Gasteiger charge is 2.16. The Balaban J connectivity index is 1.73. The van der Waals surface area contributed by atoms with E-state index in [0.717, 1.165) is 18.8 Å². The van der Waals surface area contributed by atoms with Gasteiger partial charge in [-0.2, -0.15) is 0 Å². The molecular weight excluding hydrogens is 324 g/mol. The van der Waals surface area contributed by atoms with Crippen LogP contribution in [0.2, 0.25) is 0 Å². The highest BCUT2D eigenvalue weighted by Crippen LogP contribution is 2.36. The van der Waals surface area contributed by atoms with Crippen molar-refractivity contribution in [2.24, 2.45) is 0 Å². The molecule has 1 unspecified atom stereocenters. The first-order valence-electron chi connectivity index (χ1n) is 7.20. The summed E-state index contributed by atoms with van der Waals surface area (Å²) in [6.45, 7) is 0.807. The van der Waals surface area contributed by atoms with Crippen LogP contribution in [0, 0.1) is 0 Å². The van der Waals surface area contributed by atoms with Gasteiger partial charge < -0.3 is 4.74 Å². The van der Waals surface area contributed by atoms with E-state index >= 15 is 0 Å². The van der Waals surface area contributed by atoms with Gasteiger partial charge in [-0.05, 0) is 39.6 Å². The van der Waals surface area contributed by atoms with Gasteiger partial charge in [0.25, 0.3) is 0 Å². The second-order valence-electron chi connectivity index (χ2n) is 5.43. The summed E-state index contributed by atoms with van der Waals surface area (Å²) in [5.41, 5.74) is 3.89. The maximum atomic E-state index is 5.58. The van der Waals surface area contributed by atoms with Gasteiger partial charge in [0, 0.05) is 6.42 Å². The Morgan fingerprint density at radius 3 is 2.52 bits per heavy atom. The van der Waals surface area contributed by atoms with E-state index < -0.39 is 0 Å². The third kappa shape index (κ3) is 2.34. The van der Waals surface area contributed by atoms with Crippen molar-refractivity contribution in [3.05, 3.63) is 77.4 Å². The molecule has 1 aliphatic heterocycles. The lowest BCUT2D eigenvalue weighted by Gasteiger charge is -2.13. The number of hydrogen-bond donors (Lipinski definition) is 0. The number of ether oxygens (including phenoxy) is 1. The molecule has 0 saturated heterocycles. The minimum absolute atomic E-state index is 0.216. The number of fused-ring (bicyclic) bond motifs is 2. The van der Waals surface area contributed by atoms with Crippen molar-refractivity contribution >= 4 is 26.7 Å². The summed E-state index contributed by atoms with van der Waals surface area (Å²) < 4.78 is 5.58. The fraction of sp³-hybridized carbons (Fsp3) is 0.158. The standard InChI is InChI=1S/C19H15BrO/c20-19(17-7-8-18-15(12-17)9-10-21-18)16-6-5-13-3-1-2-4-14(13)11-16/h1-8,11-12,19H,9-10H2. The van der Waals surface area contributed by atoms with Crippen molar-refractivity contribution in [3.63, 3.8) is 0 Å². The van der Waals surface area contributed by atoms with Crippen LogP contribution in [0.3, 0.4) is 0 Å². The summed E-state index contributed by atoms with van der Waals surface area (Å²) in [5.74, 6) is 1.04. The Kier molecular flexibility index (Phi) is 3.19. The maximum absolute atomic E-state index is 5.58. The van der Waals surface area contributed by atoms with Crippen LogP contribution in [0.5, 0.6) is 5.75 Å². The van der Waals surface area contributed by atoms with Gasteiger partial charge >= 0.3 is 0 Å². The van der Waals surface area contributed by atoms with Crippen LogP contribution in [-0.4, -0.2) is 6.61 Å². The van der Waals surface area contributed by atoms with Crippen LogP contribution in [-0.2, 0) is 6.42 Å². The number of alkyl halides is 1. The molecule has 0 aromatic heterocycles. The van der Waals surface area contributed by atoms with E-state index in [1.165, 1.54) is 27.5 Å². The van der Waals surface area contributed by atoms with E-state index in [1.807, 2.05) is 0 Å². The maximum Gasteiger partial charge on any atom is 0.122 e. The number of hydrogen-bond acceptors (Lipinski definition) is 1. The molecular formula is C19H15BrO. The second kappa shape index (κ2) is 5.19. The number of rotatable bonds is 2. The first-order chi connectivity index (χ1) is 10.3. The van der Waals surface area contributed by atoms with E-state index in [-0.39, 0.29) is 4.83 Å². The van der Waals surface area contributed by atoms with Crippen molar-refractivity contribution in [3.8, 4) is 5.75 Å². The van der Waals surface area contributed by atoms with Crippen LogP contribution in [0.25, 0.3) is 10.8 Å². The molecule has 1 aliphatic rings. The molecule has 3 aromatic carbocycles. The Morgan fingerprint density at radius 2 is 1.62 bits per heavy atom. The van der Waals surface area contributed by atoms with Gasteiger partial charge in [-0.3, -0.25) is 0 Å². The molecule has 1 nitrogen and oxygen atoms in total. The zero-order valence-electron chi connectivity index (χ0n) is 11.6. The first-order valence-corrected chi connectivity index (χ1v) is 8.11. The lowest BCUT2D eigenvalue weighted by atomic mass is 9.99. The fourth-order valence-electron chi connectivity index (χ4n) is 2.92. The molecule has 3 aromatic rings. The van der Waals surface area contributed by atoms with Crippen LogP contribution in [0.15, 0.2) is 60.7 Å². The average Bonchev–Trinajstić information content (AvgIpc) is 3.01. The van der Waals surface area contributed by atoms with Gasteiger partial charge in [0.15, 0.2) is 0 Å². The number of benzene rings is 3. The van der Waals surface area contributed by atoms with E-state index in [4.69, 9.17) is 4.74 Å². The normalized spacial score (nSPS) is 14.7. The molecule has 0 fully saturated rings. The summed E-state index contributed by atoms with van der Waals surface area (Å²) in [7, 11) is 0. The molecule has 0 spiro atoms. The Labute approximate surface area is 132 Å². The monoisotopic (exact) mass is 338 g/mol. The Hall–Kier alpha value is -1.80. The zero-order chi connectivity index (χ0) is 14.2. The van der Waals surface area contributed by atoms with Crippen molar-refractivity contribution < 1.29 is 4.74 Å². The third-order valence-corrected chi connectivity index (χ3v) is 5.13. The molecule has 21 heavy (non-hydrogen) atoms. The molecule has 1 heterocycles. The van der Waals surface area contributed by atoms with E-state index in [1.54, 1.807) is 0 Å². The fourth-order valence-corrected chi connectivity index (χ4v) is 3.49. The van der Waals surface area contributed by atoms with E-state index in [0.29, 0.717) is 0 Å². The highest BCUT2D eigenvalue weighted by atomic mass is 79.9. The summed E-state index contributed by atoms with van der Waals surface area (Å²) >= 11 is 3.85. The summed E-state index contributed by atoms with van der Waals surface area (Å²) in [5, 5.41) is 2.56. The molecule has 0 bridgehead atoms. The van der Waals surface area contributed by atoms with Gasteiger partial charge in [0.2, 0.25) is 0 Å². The van der Waals surface area contributed by atoms with Crippen LogP contribution >= 0.6 is 15.9 Å². The van der Waals surface area contributed by atoms with Gasteiger partial charge in [-0.1, -0.05) is 64.5 Å². The van der Waals surface area contributed by atoms with Crippen molar-refractivity contribution in [1.82, 2.24) is 0 Å². The molecule has 4 rings (SSSR count). The molecule has 0 N–H and O–H groups in total. The molecule has 0 radical (unpaired) electrons. The molecule has 0 amide bonds. The minimum atomic E-state index is 0.216. The predicted octanol–water partition coefficient (Wildman–Crippen LogP) is 5.26. The molecule has 0 saturated carbocycles. The van der Waals surface area contributed by atoms with Crippen LogP contribution in [0.1, 0.15) is 21.5 Å². The van der Waals surface area contributed by atoms with Gasteiger partial charge in [0.05, 0.1) is 11.4 Å². The lowest BCUT2D eigenvalue weighted by Crippen LogP contribution is -1.94. The Morgan fingerprint density at radius 1 is 0.857 bits per heavy atom. The quantitative estimate of drug-likeness (QED) is 0.579. The Bertz CT molecular complexity index is 810. The topological polar surface area (TPSA) is 9.23 Å². The molecule has 104 valence electrons. The van der Waals surface area contributed by atoms with Crippen LogP contribution in [0.4, 0.5) is 0 Å². The molecule has 0 aliphatic carbocycles. The van der Waals surface area contributed by atoms with Crippen molar-refractivity contribution in [2.75, 3.05) is 6.61 Å². The lowest BCUT2D eigenvalue weighted by molar-refractivity contribution is 0.357. The predicted molar refractivity (Wildman–Crippen MR) is 90.4 cm³/mol. The largest absolute Gasteiger partial charge is 0.493 e. The second-order valence-corrected chi connectivity index (χ2v) is 6.35. The highest BCUT2D eigenvalue weighted by molar-refractivity contribution is 9.09. The van der Waals surface area contributed by atoms with Gasteiger partial charge in [-0.15, -0.1) is 0 Å². The average molecular weight is 339 g/mol. The smallest absolute Gasteiger partial charge is 0.122 e. The molecule has 2 heteroatoms. The van der Waals surface area contributed by atoms with Crippen molar-refractivity contribution in [2.45, 2.75) is 11.2 Å². The van der Waals surface area contributed by atoms with Crippen molar-refractivity contribution in [1.29, 1.82) is 0 Å². The third-order valence-electron chi connectivity index (χ3n) is 4.07. The summed E-state index contributed by atoms with van der Waals surface area (Å²) in [6, 6.07) is 21.6. The van der Waals surface area contributed by atoms with E-state index in [2.05, 4.69) is 76.6 Å². The van der Waals surface area contributed by atoms with Gasteiger partial charge in [-0.25, -0.2) is 0 Å². The van der Waals surface area contributed by atoms with Crippen LogP contribution < -0.4 is 4.74 Å². The SMILES string of the molecule is BrC(c1ccc2c(c1)CCO2)c1ccc2ccccc2c1. The molecule has 1 atom stereocenters. The van der Waals surface area contributed by atoms with E-state index in [9.17, 15) is 0 Å². The summed E-state index contributed by atoms with van der Waals surface area (Å²) in [6.07, 6.45) is 1.01. The van der Waals surface area contributed by atoms with Gasteiger partial charge in [0.1, 0.15) is 5.75 Å². The number of halogens is 1. The first kappa shape index (κ1) is 12.9. The zero-order valence-corrected chi connectivity index (χ0v) is 13.1.